The van der Waals surface area contributed by atoms with Gasteiger partial charge in [-0.05, 0) is 60.2 Å². The van der Waals surface area contributed by atoms with Crippen LogP contribution in [0.25, 0.3) is 0 Å². The third-order valence-corrected chi connectivity index (χ3v) is 4.59. The lowest BCUT2D eigenvalue weighted by Gasteiger charge is -2.12. The fourth-order valence-electron chi connectivity index (χ4n) is 2.52. The number of amides is 1. The molecule has 0 heterocycles. The quantitative estimate of drug-likeness (QED) is 0.480. The Morgan fingerprint density at radius 2 is 1.63 bits per heavy atom. The van der Waals surface area contributed by atoms with Gasteiger partial charge in [-0.2, -0.15) is 0 Å². The van der Waals surface area contributed by atoms with Gasteiger partial charge in [0.05, 0.1) is 16.3 Å². The average molecular weight is 441 g/mol. The smallest absolute Gasteiger partial charge is 0.335 e. The molecule has 6 nitrogen and oxygen atoms in total. The number of hydrogen-bond donors (Lipinski definition) is 3. The number of halogens is 1. The van der Waals surface area contributed by atoms with Crippen LogP contribution in [0.2, 0.25) is 5.02 Å². The molecule has 0 unspecified atom stereocenters. The van der Waals surface area contributed by atoms with E-state index in [9.17, 15) is 9.59 Å². The normalized spacial score (nSPS) is 10.2. The first-order valence-electron chi connectivity index (χ1n) is 8.84. The molecule has 0 spiro atoms. The Balaban J connectivity index is 1.57. The molecule has 0 aromatic heterocycles. The Morgan fingerprint density at radius 1 is 0.967 bits per heavy atom. The van der Waals surface area contributed by atoms with E-state index >= 15 is 0 Å². The van der Waals surface area contributed by atoms with Crippen molar-refractivity contribution in [1.82, 2.24) is 5.32 Å². The number of benzene rings is 3. The van der Waals surface area contributed by atoms with Crippen LogP contribution in [0.1, 0.15) is 26.3 Å². The first-order chi connectivity index (χ1) is 14.4. The molecule has 0 aliphatic carbocycles. The first-order valence-corrected chi connectivity index (χ1v) is 9.63. The van der Waals surface area contributed by atoms with Crippen molar-refractivity contribution in [3.63, 3.8) is 0 Å². The minimum absolute atomic E-state index is 0.000858. The van der Waals surface area contributed by atoms with Crippen molar-refractivity contribution in [2.24, 2.45) is 0 Å². The van der Waals surface area contributed by atoms with Gasteiger partial charge in [0.1, 0.15) is 12.4 Å². The number of anilines is 1. The van der Waals surface area contributed by atoms with E-state index in [0.717, 1.165) is 11.3 Å². The SMILES string of the molecule is O=C(O)c1ccc(Cl)c(NC(=S)NC(=O)c2ccc(COc3ccccc3)cc2)c1. The lowest BCUT2D eigenvalue weighted by molar-refractivity contribution is 0.0696. The van der Waals surface area contributed by atoms with Crippen molar-refractivity contribution in [3.05, 3.63) is 94.5 Å². The number of thiocarbonyl (C=S) groups is 1. The summed E-state index contributed by atoms with van der Waals surface area (Å²) in [6, 6.07) is 20.5. The van der Waals surface area contributed by atoms with E-state index in [1.54, 1.807) is 24.3 Å². The molecule has 30 heavy (non-hydrogen) atoms. The van der Waals surface area contributed by atoms with Crippen LogP contribution in [-0.2, 0) is 6.61 Å². The standard InChI is InChI=1S/C22H17ClN2O4S/c23-18-11-10-16(21(27)28)12-19(18)24-22(30)25-20(26)15-8-6-14(7-9-15)13-29-17-4-2-1-3-5-17/h1-12H,13H2,(H,27,28)(H2,24,25,26,30). The monoisotopic (exact) mass is 440 g/mol. The minimum atomic E-state index is -1.10. The Bertz CT molecular complexity index is 1070. The fraction of sp³-hybridized carbons (Fsp3) is 0.0455. The maximum Gasteiger partial charge on any atom is 0.335 e. The average Bonchev–Trinajstić information content (AvgIpc) is 2.74. The highest BCUT2D eigenvalue weighted by atomic mass is 35.5. The maximum atomic E-state index is 12.4. The predicted octanol–water partition coefficient (Wildman–Crippen LogP) is 4.74. The van der Waals surface area contributed by atoms with Gasteiger partial charge in [0.15, 0.2) is 5.11 Å². The molecule has 3 aromatic rings. The van der Waals surface area contributed by atoms with Gasteiger partial charge in [-0.3, -0.25) is 10.1 Å². The van der Waals surface area contributed by atoms with Gasteiger partial charge in [-0.1, -0.05) is 41.9 Å². The highest BCUT2D eigenvalue weighted by Crippen LogP contribution is 2.23. The van der Waals surface area contributed by atoms with E-state index in [0.29, 0.717) is 12.2 Å². The molecule has 0 saturated heterocycles. The summed E-state index contributed by atoms with van der Waals surface area (Å²) in [5.74, 6) is -0.740. The van der Waals surface area contributed by atoms with Crippen molar-refractivity contribution < 1.29 is 19.4 Å². The van der Waals surface area contributed by atoms with Gasteiger partial charge in [-0.15, -0.1) is 0 Å². The van der Waals surface area contributed by atoms with E-state index in [-0.39, 0.29) is 21.4 Å². The molecule has 0 radical (unpaired) electrons. The zero-order valence-electron chi connectivity index (χ0n) is 15.6. The fourth-order valence-corrected chi connectivity index (χ4v) is 2.89. The molecule has 8 heteroatoms. The lowest BCUT2D eigenvalue weighted by Crippen LogP contribution is -2.34. The third kappa shape index (κ3) is 5.79. The molecular weight excluding hydrogens is 424 g/mol. The number of carboxylic acids is 1. The summed E-state index contributed by atoms with van der Waals surface area (Å²) in [4.78, 5) is 23.5. The summed E-state index contributed by atoms with van der Waals surface area (Å²) >= 11 is 11.2. The summed E-state index contributed by atoms with van der Waals surface area (Å²) in [6.07, 6.45) is 0. The zero-order chi connectivity index (χ0) is 21.5. The molecule has 1 amide bonds. The number of carboxylic acid groups (broad SMARTS) is 1. The molecule has 0 saturated carbocycles. The van der Waals surface area contributed by atoms with Crippen LogP contribution in [0.4, 0.5) is 5.69 Å². The molecule has 0 fully saturated rings. The van der Waals surface area contributed by atoms with Crippen LogP contribution < -0.4 is 15.4 Å². The topological polar surface area (TPSA) is 87.7 Å². The largest absolute Gasteiger partial charge is 0.489 e. The molecule has 0 aliphatic heterocycles. The highest BCUT2D eigenvalue weighted by Gasteiger charge is 2.11. The van der Waals surface area contributed by atoms with Gasteiger partial charge < -0.3 is 15.2 Å². The maximum absolute atomic E-state index is 12.4. The summed E-state index contributed by atoms with van der Waals surface area (Å²) in [5.41, 5.74) is 1.65. The molecule has 0 aliphatic rings. The molecule has 3 N–H and O–H groups in total. The number of carbonyl (C=O) groups excluding carboxylic acids is 1. The Labute approximate surface area is 183 Å². The van der Waals surface area contributed by atoms with Crippen molar-refractivity contribution in [2.45, 2.75) is 6.61 Å². The van der Waals surface area contributed by atoms with Crippen molar-refractivity contribution in [1.29, 1.82) is 0 Å². The summed E-state index contributed by atoms with van der Waals surface area (Å²) in [6.45, 7) is 0.379. The number of aromatic carboxylic acids is 1. The summed E-state index contributed by atoms with van der Waals surface area (Å²) in [7, 11) is 0. The van der Waals surface area contributed by atoms with Crippen LogP contribution in [0, 0.1) is 0 Å². The van der Waals surface area contributed by atoms with E-state index in [2.05, 4.69) is 10.6 Å². The highest BCUT2D eigenvalue weighted by molar-refractivity contribution is 7.80. The van der Waals surface area contributed by atoms with Crippen molar-refractivity contribution >= 4 is 46.5 Å². The van der Waals surface area contributed by atoms with Crippen LogP contribution in [0.5, 0.6) is 5.75 Å². The second-order valence-electron chi connectivity index (χ2n) is 6.21. The van der Waals surface area contributed by atoms with E-state index in [1.165, 1.54) is 18.2 Å². The molecule has 3 aromatic carbocycles. The summed E-state index contributed by atoms with van der Waals surface area (Å²) < 4.78 is 5.68. The van der Waals surface area contributed by atoms with E-state index in [1.807, 2.05) is 30.3 Å². The van der Waals surface area contributed by atoms with Crippen molar-refractivity contribution in [2.75, 3.05) is 5.32 Å². The molecular formula is C22H17ClN2O4S. The van der Waals surface area contributed by atoms with Crippen LogP contribution in [0.3, 0.4) is 0 Å². The molecule has 0 bridgehead atoms. The Morgan fingerprint density at radius 3 is 2.30 bits per heavy atom. The first kappa shape index (κ1) is 21.3. The van der Waals surface area contributed by atoms with Gasteiger partial charge >= 0.3 is 5.97 Å². The van der Waals surface area contributed by atoms with E-state index in [4.69, 9.17) is 33.7 Å². The lowest BCUT2D eigenvalue weighted by atomic mass is 10.1. The number of nitrogens with one attached hydrogen (secondary N) is 2. The second kappa shape index (κ2) is 9.87. The Hall–Kier alpha value is -3.42. The molecule has 3 rings (SSSR count). The summed E-state index contributed by atoms with van der Waals surface area (Å²) in [5, 5.41) is 14.6. The van der Waals surface area contributed by atoms with Crippen LogP contribution >= 0.6 is 23.8 Å². The van der Waals surface area contributed by atoms with Gasteiger partial charge in [0.25, 0.3) is 5.91 Å². The zero-order valence-corrected chi connectivity index (χ0v) is 17.2. The molecule has 0 atom stereocenters. The number of hydrogen-bond acceptors (Lipinski definition) is 4. The predicted molar refractivity (Wildman–Crippen MR) is 119 cm³/mol. The van der Waals surface area contributed by atoms with Gasteiger partial charge in [0, 0.05) is 5.56 Å². The number of rotatable bonds is 6. The van der Waals surface area contributed by atoms with Crippen LogP contribution in [0.15, 0.2) is 72.8 Å². The molecule has 152 valence electrons. The minimum Gasteiger partial charge on any atom is -0.489 e. The number of ether oxygens (including phenoxy) is 1. The van der Waals surface area contributed by atoms with Gasteiger partial charge in [-0.25, -0.2) is 4.79 Å². The second-order valence-corrected chi connectivity index (χ2v) is 7.02. The van der Waals surface area contributed by atoms with Crippen molar-refractivity contribution in [3.8, 4) is 5.75 Å². The number of para-hydroxylation sites is 1. The Kier molecular flexibility index (Phi) is 7.00. The number of carbonyl (C=O) groups is 2. The van der Waals surface area contributed by atoms with E-state index < -0.39 is 11.9 Å². The third-order valence-electron chi connectivity index (χ3n) is 4.05. The van der Waals surface area contributed by atoms with Crippen LogP contribution in [-0.4, -0.2) is 22.1 Å². The van der Waals surface area contributed by atoms with Gasteiger partial charge in [0.2, 0.25) is 0 Å².